The van der Waals surface area contributed by atoms with E-state index < -0.39 is 0 Å². The van der Waals surface area contributed by atoms with Crippen molar-refractivity contribution in [1.29, 1.82) is 5.41 Å². The molecular formula is C24H38Cl2N6O2. The number of ether oxygens (including phenoxy) is 1. The fraction of sp³-hybridized carbons (Fsp3) is 0.583. The van der Waals surface area contributed by atoms with Crippen molar-refractivity contribution in [2.45, 2.75) is 70.9 Å². The van der Waals surface area contributed by atoms with Gasteiger partial charge in [-0.25, -0.2) is 9.97 Å². The van der Waals surface area contributed by atoms with Crippen LogP contribution in [0.2, 0.25) is 0 Å². The van der Waals surface area contributed by atoms with E-state index in [-0.39, 0.29) is 48.6 Å². The van der Waals surface area contributed by atoms with Crippen molar-refractivity contribution in [3.8, 4) is 0 Å². The van der Waals surface area contributed by atoms with Gasteiger partial charge in [0.05, 0.1) is 11.4 Å². The predicted octanol–water partition coefficient (Wildman–Crippen LogP) is 4.64. The van der Waals surface area contributed by atoms with Gasteiger partial charge in [-0.05, 0) is 44.7 Å². The van der Waals surface area contributed by atoms with Crippen LogP contribution in [0.1, 0.15) is 68.1 Å². The molecule has 3 rings (SSSR count). The van der Waals surface area contributed by atoms with Crippen molar-refractivity contribution in [3.05, 3.63) is 29.6 Å². The number of carbonyl (C=O) groups is 1. The number of aryl methyl sites for hydroxylation is 1. The molecule has 1 amide bonds. The van der Waals surface area contributed by atoms with Gasteiger partial charge in [-0.1, -0.05) is 31.4 Å². The average Bonchev–Trinajstić information content (AvgIpc) is 2.78. The smallest absolute Gasteiger partial charge is 0.289 e. The molecule has 1 heterocycles. The zero-order valence-electron chi connectivity index (χ0n) is 20.3. The number of rotatable bonds is 10. The summed E-state index contributed by atoms with van der Waals surface area (Å²) in [5.74, 6) is 1.15. The summed E-state index contributed by atoms with van der Waals surface area (Å²) < 4.78 is 5.04. The van der Waals surface area contributed by atoms with Crippen LogP contribution >= 0.6 is 24.8 Å². The molecule has 0 spiro atoms. The molecule has 34 heavy (non-hydrogen) atoms. The number of amides is 1. The van der Waals surface area contributed by atoms with Crippen LogP contribution in [0.3, 0.4) is 0 Å². The first-order chi connectivity index (χ1) is 15.5. The first kappa shape index (κ1) is 29.9. The van der Waals surface area contributed by atoms with Crippen molar-refractivity contribution in [1.82, 2.24) is 20.6 Å². The number of amidine groups is 1. The van der Waals surface area contributed by atoms with E-state index in [4.69, 9.17) is 10.1 Å². The highest BCUT2D eigenvalue weighted by Gasteiger charge is 2.27. The third kappa shape index (κ3) is 8.25. The monoisotopic (exact) mass is 512 g/mol. The standard InChI is InChI=1S/C24H36N6O2.2ClH/c1-4-8-21(25)27-19-9-5-6-10-20(19)29-22-17-15-16(2)11-12-18(17)28-23(30-22)24(31)26-13-7-14-32-3;;/h11-12,15,19-20H,4-10,13-14H2,1-3H3,(H2,25,27)(H,26,31)(H,28,29,30);2*1H/t19-,20+;;/m1../s1. The van der Waals surface area contributed by atoms with Crippen molar-refractivity contribution >= 4 is 53.3 Å². The predicted molar refractivity (Wildman–Crippen MR) is 143 cm³/mol. The number of halogens is 2. The summed E-state index contributed by atoms with van der Waals surface area (Å²) >= 11 is 0. The highest BCUT2D eigenvalue weighted by molar-refractivity contribution is 5.96. The number of fused-ring (bicyclic) bond motifs is 1. The Hall–Kier alpha value is -2.16. The molecular weight excluding hydrogens is 475 g/mol. The number of hydrogen-bond donors (Lipinski definition) is 4. The number of aromatic nitrogens is 2. The fourth-order valence-electron chi connectivity index (χ4n) is 4.15. The molecule has 1 aromatic heterocycles. The highest BCUT2D eigenvalue weighted by Crippen LogP contribution is 2.27. The first-order valence-electron chi connectivity index (χ1n) is 11.7. The van der Waals surface area contributed by atoms with Crippen LogP contribution in [0.25, 0.3) is 10.9 Å². The molecule has 2 aromatic rings. The Morgan fingerprint density at radius 3 is 2.62 bits per heavy atom. The second-order valence-corrected chi connectivity index (χ2v) is 8.53. The van der Waals surface area contributed by atoms with Crippen LogP contribution in [0.15, 0.2) is 18.2 Å². The molecule has 0 saturated heterocycles. The van der Waals surface area contributed by atoms with E-state index in [9.17, 15) is 4.79 Å². The van der Waals surface area contributed by atoms with E-state index >= 15 is 0 Å². The van der Waals surface area contributed by atoms with Crippen LogP contribution in [0, 0.1) is 12.3 Å². The highest BCUT2D eigenvalue weighted by atomic mass is 35.5. The van der Waals surface area contributed by atoms with E-state index in [2.05, 4.69) is 38.9 Å². The lowest BCUT2D eigenvalue weighted by Crippen LogP contribution is -2.48. The minimum absolute atomic E-state index is 0. The first-order valence-corrected chi connectivity index (χ1v) is 11.7. The molecule has 1 fully saturated rings. The fourth-order valence-corrected chi connectivity index (χ4v) is 4.15. The average molecular weight is 514 g/mol. The minimum Gasteiger partial charge on any atom is -0.385 e. The zero-order chi connectivity index (χ0) is 22.9. The van der Waals surface area contributed by atoms with E-state index in [0.29, 0.717) is 24.8 Å². The number of methoxy groups -OCH3 is 1. The quantitative estimate of drug-likeness (QED) is 0.209. The van der Waals surface area contributed by atoms with Crippen LogP contribution in [0.5, 0.6) is 0 Å². The number of hydrogen-bond acceptors (Lipinski definition) is 6. The second-order valence-electron chi connectivity index (χ2n) is 8.53. The number of carbonyl (C=O) groups excluding carboxylic acids is 1. The van der Waals surface area contributed by atoms with E-state index in [1.54, 1.807) is 7.11 Å². The van der Waals surface area contributed by atoms with Crippen molar-refractivity contribution in [2.75, 3.05) is 25.6 Å². The van der Waals surface area contributed by atoms with Gasteiger partial charge in [0.25, 0.3) is 5.91 Å². The van der Waals surface area contributed by atoms with Crippen molar-refractivity contribution in [3.63, 3.8) is 0 Å². The summed E-state index contributed by atoms with van der Waals surface area (Å²) in [4.78, 5) is 21.9. The summed E-state index contributed by atoms with van der Waals surface area (Å²) in [7, 11) is 1.64. The van der Waals surface area contributed by atoms with Gasteiger partial charge >= 0.3 is 0 Å². The van der Waals surface area contributed by atoms with Gasteiger partial charge in [0, 0.05) is 44.2 Å². The van der Waals surface area contributed by atoms with E-state index in [0.717, 1.165) is 61.4 Å². The molecule has 1 aliphatic rings. The maximum atomic E-state index is 12.7. The Bertz CT molecular complexity index is 943. The van der Waals surface area contributed by atoms with Gasteiger partial charge in [-0.3, -0.25) is 10.2 Å². The Kier molecular flexibility index (Phi) is 13.1. The molecule has 1 aromatic carbocycles. The SMILES string of the molecule is CCCC(=N)N[C@@H]1CCCC[C@@H]1Nc1nc(C(=O)NCCCOC)nc2ccc(C)cc12.Cl.Cl. The number of benzene rings is 1. The summed E-state index contributed by atoms with van der Waals surface area (Å²) in [6.07, 6.45) is 6.73. The molecule has 0 unspecified atom stereocenters. The van der Waals surface area contributed by atoms with Crippen molar-refractivity contribution < 1.29 is 9.53 Å². The molecule has 1 saturated carbocycles. The second kappa shape index (κ2) is 15.0. The van der Waals surface area contributed by atoms with Crippen LogP contribution in [0.4, 0.5) is 5.82 Å². The Morgan fingerprint density at radius 1 is 1.18 bits per heavy atom. The van der Waals surface area contributed by atoms with Gasteiger partial charge < -0.3 is 20.7 Å². The topological polar surface area (TPSA) is 112 Å². The van der Waals surface area contributed by atoms with Gasteiger partial charge in [0.15, 0.2) is 0 Å². The summed E-state index contributed by atoms with van der Waals surface area (Å²) in [6.45, 7) is 5.23. The van der Waals surface area contributed by atoms with Crippen molar-refractivity contribution in [2.24, 2.45) is 0 Å². The Balaban J connectivity index is 0.00000289. The van der Waals surface area contributed by atoms with E-state index in [1.807, 2.05) is 19.1 Å². The molecule has 190 valence electrons. The Morgan fingerprint density at radius 2 is 1.91 bits per heavy atom. The molecule has 0 radical (unpaired) electrons. The van der Waals surface area contributed by atoms with Crippen LogP contribution in [-0.4, -0.2) is 54.1 Å². The lowest BCUT2D eigenvalue weighted by molar-refractivity contribution is 0.0938. The maximum absolute atomic E-state index is 12.7. The minimum atomic E-state index is -0.283. The van der Waals surface area contributed by atoms with Gasteiger partial charge in [-0.15, -0.1) is 24.8 Å². The lowest BCUT2D eigenvalue weighted by Gasteiger charge is -2.34. The molecule has 2 atom stereocenters. The van der Waals surface area contributed by atoms with Gasteiger partial charge in [-0.2, -0.15) is 0 Å². The van der Waals surface area contributed by atoms with Gasteiger partial charge in [0.2, 0.25) is 5.82 Å². The van der Waals surface area contributed by atoms with Gasteiger partial charge in [0.1, 0.15) is 5.82 Å². The van der Waals surface area contributed by atoms with Crippen LogP contribution in [-0.2, 0) is 4.74 Å². The molecule has 10 heteroatoms. The third-order valence-electron chi connectivity index (χ3n) is 5.81. The molecule has 8 nitrogen and oxygen atoms in total. The molecule has 1 aliphatic carbocycles. The third-order valence-corrected chi connectivity index (χ3v) is 5.81. The number of anilines is 1. The molecule has 0 aliphatic heterocycles. The van der Waals surface area contributed by atoms with Crippen LogP contribution < -0.4 is 16.0 Å². The Labute approximate surface area is 214 Å². The molecule has 4 N–H and O–H groups in total. The largest absolute Gasteiger partial charge is 0.385 e. The number of nitrogens with zero attached hydrogens (tertiary/aromatic N) is 2. The molecule has 0 bridgehead atoms. The lowest BCUT2D eigenvalue weighted by atomic mass is 9.90. The summed E-state index contributed by atoms with van der Waals surface area (Å²) in [6, 6.07) is 6.30. The normalized spacial score (nSPS) is 17.3. The maximum Gasteiger partial charge on any atom is 0.289 e. The summed E-state index contributed by atoms with van der Waals surface area (Å²) in [5, 5.41) is 19.0. The van der Waals surface area contributed by atoms with E-state index in [1.165, 1.54) is 0 Å². The number of nitrogens with one attached hydrogen (secondary N) is 4. The summed E-state index contributed by atoms with van der Waals surface area (Å²) in [5.41, 5.74) is 1.86. The zero-order valence-corrected chi connectivity index (χ0v) is 21.9.